The third-order valence-electron chi connectivity index (χ3n) is 7.71. The first kappa shape index (κ1) is 26.0. The number of rotatable bonds is 6. The van der Waals surface area contributed by atoms with Gasteiger partial charge < -0.3 is 25.1 Å². The highest BCUT2D eigenvalue weighted by Gasteiger charge is 2.52. The van der Waals surface area contributed by atoms with Crippen molar-refractivity contribution in [2.24, 2.45) is 0 Å². The van der Waals surface area contributed by atoms with Crippen LogP contribution < -0.4 is 11.1 Å². The largest absolute Gasteiger partial charge is 0.492 e. The number of halogens is 1. The molecule has 38 heavy (non-hydrogen) atoms. The molecule has 1 fully saturated rings. The number of benzene rings is 3. The van der Waals surface area contributed by atoms with Crippen molar-refractivity contribution < 1.29 is 23.2 Å². The van der Waals surface area contributed by atoms with E-state index in [1.165, 1.54) is 23.3 Å². The fourth-order valence-electron chi connectivity index (χ4n) is 4.89. The molecule has 0 saturated carbocycles. The number of carbonyl (C=O) groups is 1. The second kappa shape index (κ2) is 9.93. The molecule has 196 valence electrons. The van der Waals surface area contributed by atoms with Crippen LogP contribution in [-0.4, -0.2) is 37.6 Å². The van der Waals surface area contributed by atoms with Gasteiger partial charge in [-0.05, 0) is 73.1 Å². The molecule has 6 nitrogen and oxygen atoms in total. The Morgan fingerprint density at radius 2 is 1.58 bits per heavy atom. The van der Waals surface area contributed by atoms with Gasteiger partial charge in [0.25, 0.3) is 0 Å². The number of nitrogen functional groups attached to an aromatic ring is 1. The normalized spacial score (nSPS) is 17.7. The molecule has 0 aromatic heterocycles. The van der Waals surface area contributed by atoms with Crippen LogP contribution in [0.25, 0.3) is 17.2 Å². The van der Waals surface area contributed by atoms with E-state index >= 15 is 0 Å². The number of nitrogens with one attached hydrogen (secondary N) is 1. The van der Waals surface area contributed by atoms with Crippen LogP contribution in [0.4, 0.5) is 14.9 Å². The van der Waals surface area contributed by atoms with Gasteiger partial charge in [0.2, 0.25) is 0 Å². The zero-order valence-electron chi connectivity index (χ0n) is 22.1. The van der Waals surface area contributed by atoms with Crippen LogP contribution in [-0.2, 0) is 14.0 Å². The lowest BCUT2D eigenvalue weighted by Gasteiger charge is -2.32. The van der Waals surface area contributed by atoms with Gasteiger partial charge in [-0.1, -0.05) is 60.7 Å². The van der Waals surface area contributed by atoms with Gasteiger partial charge in [0.15, 0.2) is 0 Å². The Morgan fingerprint density at radius 1 is 1.00 bits per heavy atom. The third kappa shape index (κ3) is 4.94. The fourth-order valence-corrected chi connectivity index (χ4v) is 4.89. The number of nitrogens with two attached hydrogens (primary N) is 1. The number of hydrogen-bond acceptors (Lipinski definition) is 5. The molecule has 0 radical (unpaired) electrons. The zero-order valence-corrected chi connectivity index (χ0v) is 22.1. The Hall–Kier alpha value is -3.62. The van der Waals surface area contributed by atoms with Crippen molar-refractivity contribution in [3.8, 4) is 11.1 Å². The molecule has 1 amide bonds. The molecule has 0 unspecified atom stereocenters. The maximum atomic E-state index is 13.7. The molecule has 1 aliphatic heterocycles. The highest BCUT2D eigenvalue weighted by Crippen LogP contribution is 2.44. The van der Waals surface area contributed by atoms with Crippen molar-refractivity contribution in [2.45, 2.75) is 44.8 Å². The summed E-state index contributed by atoms with van der Waals surface area (Å²) in [5.41, 5.74) is 10.6. The van der Waals surface area contributed by atoms with E-state index in [1.54, 1.807) is 12.1 Å². The fraction of sp³-hybridized carbons (Fsp3) is 0.300. The molecule has 0 bridgehead atoms. The number of ether oxygens (including phenoxy) is 1. The second-order valence-corrected chi connectivity index (χ2v) is 10.8. The summed E-state index contributed by atoms with van der Waals surface area (Å²) < 4.78 is 31.8. The van der Waals surface area contributed by atoms with E-state index in [1.807, 2.05) is 52.0 Å². The van der Waals surface area contributed by atoms with Gasteiger partial charge in [0.1, 0.15) is 12.4 Å². The number of amides is 1. The summed E-state index contributed by atoms with van der Waals surface area (Å²) in [6.07, 6.45) is 1.25. The van der Waals surface area contributed by atoms with Gasteiger partial charge >= 0.3 is 13.2 Å². The second-order valence-electron chi connectivity index (χ2n) is 10.8. The Kier molecular flexibility index (Phi) is 6.80. The number of hydrogen-bond donors (Lipinski definition) is 2. The quantitative estimate of drug-likeness (QED) is 0.313. The average Bonchev–Trinajstić information content (AvgIpc) is 3.31. The van der Waals surface area contributed by atoms with E-state index < -0.39 is 30.2 Å². The molecule has 1 aliphatic carbocycles. The smallest absolute Gasteiger partial charge is 0.449 e. The van der Waals surface area contributed by atoms with Crippen LogP contribution in [0.1, 0.15) is 50.3 Å². The molecule has 5 rings (SSSR count). The first-order chi connectivity index (χ1) is 18.1. The Balaban J connectivity index is 1.30. The minimum absolute atomic E-state index is 0.0338. The summed E-state index contributed by atoms with van der Waals surface area (Å²) in [6, 6.07) is 20.8. The van der Waals surface area contributed by atoms with Crippen molar-refractivity contribution >= 4 is 25.0 Å². The van der Waals surface area contributed by atoms with Crippen molar-refractivity contribution in [3.05, 3.63) is 94.7 Å². The highest BCUT2D eigenvalue weighted by molar-refractivity contribution is 6.56. The predicted molar refractivity (Wildman–Crippen MR) is 148 cm³/mol. The molecule has 0 atom stereocenters. The van der Waals surface area contributed by atoms with Crippen LogP contribution in [0, 0.1) is 5.82 Å². The van der Waals surface area contributed by atoms with Crippen LogP contribution >= 0.6 is 0 Å². The van der Waals surface area contributed by atoms with Crippen LogP contribution in [0.5, 0.6) is 0 Å². The predicted octanol–water partition coefficient (Wildman–Crippen LogP) is 5.96. The van der Waals surface area contributed by atoms with E-state index in [0.717, 1.165) is 11.1 Å². The standard InChI is InChI=1S/C30H32BFN2O4/c1-29(2)30(3,4)38-31(37-29)20(15-19-13-14-26(32)27(33)16-19)17-34-28(35)36-18-25-23-11-7-5-9-21(23)22-10-6-8-12-24(22)25/h5-16,25H,17-18,33H2,1-4H3,(H,34,35). The van der Waals surface area contributed by atoms with Crippen LogP contribution in [0.3, 0.4) is 0 Å². The van der Waals surface area contributed by atoms with E-state index in [2.05, 4.69) is 29.6 Å². The summed E-state index contributed by atoms with van der Waals surface area (Å²) in [4.78, 5) is 12.8. The van der Waals surface area contributed by atoms with E-state index in [9.17, 15) is 9.18 Å². The van der Waals surface area contributed by atoms with Crippen LogP contribution in [0.2, 0.25) is 0 Å². The highest BCUT2D eigenvalue weighted by atomic mass is 19.1. The average molecular weight is 514 g/mol. The first-order valence-corrected chi connectivity index (χ1v) is 12.8. The van der Waals surface area contributed by atoms with Gasteiger partial charge in [-0.25, -0.2) is 9.18 Å². The monoisotopic (exact) mass is 514 g/mol. The Labute approximate surface area is 223 Å². The summed E-state index contributed by atoms with van der Waals surface area (Å²) >= 11 is 0. The van der Waals surface area contributed by atoms with Gasteiger partial charge in [0, 0.05) is 12.5 Å². The molecule has 3 N–H and O–H groups in total. The molecule has 1 heterocycles. The van der Waals surface area contributed by atoms with E-state index in [0.29, 0.717) is 11.0 Å². The third-order valence-corrected chi connectivity index (χ3v) is 7.71. The van der Waals surface area contributed by atoms with Gasteiger partial charge in [0.05, 0.1) is 16.9 Å². The molecular formula is C30H32BFN2O4. The maximum absolute atomic E-state index is 13.7. The topological polar surface area (TPSA) is 82.8 Å². The van der Waals surface area contributed by atoms with Gasteiger partial charge in [-0.15, -0.1) is 0 Å². The lowest BCUT2D eigenvalue weighted by Crippen LogP contribution is -2.41. The molecule has 0 spiro atoms. The number of anilines is 1. The molecular weight excluding hydrogens is 482 g/mol. The summed E-state index contributed by atoms with van der Waals surface area (Å²) in [7, 11) is -0.708. The minimum Gasteiger partial charge on any atom is -0.449 e. The number of carbonyl (C=O) groups excluding carboxylic acids is 1. The number of alkyl carbamates (subject to hydrolysis) is 1. The molecule has 3 aromatic rings. The number of fused-ring (bicyclic) bond motifs is 3. The summed E-state index contributed by atoms with van der Waals surface area (Å²) in [5, 5.41) is 2.84. The zero-order chi connectivity index (χ0) is 27.1. The lowest BCUT2D eigenvalue weighted by atomic mass is 9.77. The first-order valence-electron chi connectivity index (χ1n) is 12.8. The van der Waals surface area contributed by atoms with Crippen molar-refractivity contribution in [1.82, 2.24) is 5.32 Å². The maximum Gasteiger partial charge on any atom is 0.492 e. The van der Waals surface area contributed by atoms with Gasteiger partial charge in [-0.2, -0.15) is 0 Å². The Bertz CT molecular complexity index is 1340. The van der Waals surface area contributed by atoms with E-state index in [-0.39, 0.29) is 24.8 Å². The van der Waals surface area contributed by atoms with Crippen molar-refractivity contribution in [1.29, 1.82) is 0 Å². The SMILES string of the molecule is CC1(C)OB(C(=Cc2ccc(F)c(N)c2)CNC(=O)OCC2c3ccccc3-c3ccccc32)OC1(C)C. The molecule has 3 aromatic carbocycles. The molecule has 1 saturated heterocycles. The minimum atomic E-state index is -0.708. The molecule has 2 aliphatic rings. The van der Waals surface area contributed by atoms with Gasteiger partial charge in [-0.3, -0.25) is 0 Å². The Morgan fingerprint density at radius 3 is 2.16 bits per heavy atom. The van der Waals surface area contributed by atoms with Crippen molar-refractivity contribution in [2.75, 3.05) is 18.9 Å². The lowest BCUT2D eigenvalue weighted by molar-refractivity contribution is 0.00578. The van der Waals surface area contributed by atoms with Crippen molar-refractivity contribution in [3.63, 3.8) is 0 Å². The molecule has 8 heteroatoms. The van der Waals surface area contributed by atoms with E-state index in [4.69, 9.17) is 19.8 Å². The van der Waals surface area contributed by atoms with Crippen LogP contribution in [0.15, 0.2) is 72.2 Å². The summed E-state index contributed by atoms with van der Waals surface area (Å²) in [5.74, 6) is -0.524. The summed E-state index contributed by atoms with van der Waals surface area (Å²) in [6.45, 7) is 8.16.